The largest absolute Gasteiger partial charge is 0.379 e. The van der Waals surface area contributed by atoms with Gasteiger partial charge < -0.3 is 19.7 Å². The number of hydrogen-bond donors (Lipinski definition) is 1. The molecule has 0 aliphatic heterocycles. The summed E-state index contributed by atoms with van der Waals surface area (Å²) in [6.45, 7) is 9.14. The van der Waals surface area contributed by atoms with Crippen LogP contribution in [0.1, 0.15) is 29.9 Å². The molecule has 0 aliphatic carbocycles. The molecule has 0 amide bonds. The fraction of sp³-hybridized carbons (Fsp3) is 0.500. The molecule has 0 unspecified atom stereocenters. The Morgan fingerprint density at radius 1 is 1.11 bits per heavy atom. The number of aliphatic imine (C=N–C) groups is 1. The first kappa shape index (κ1) is 22.4. The van der Waals surface area contributed by atoms with Gasteiger partial charge in [-0.2, -0.15) is 0 Å². The van der Waals surface area contributed by atoms with E-state index in [0.717, 1.165) is 32.1 Å². The summed E-state index contributed by atoms with van der Waals surface area (Å²) in [5, 5.41) is 5.52. The number of rotatable bonds is 12. The number of nitrogens with one attached hydrogen (secondary N) is 1. The average molecular weight is 404 g/mol. The lowest BCUT2D eigenvalue weighted by Crippen LogP contribution is -2.39. The smallest absolute Gasteiger partial charge is 0.193 e. The van der Waals surface area contributed by atoms with E-state index in [4.69, 9.17) is 14.5 Å². The summed E-state index contributed by atoms with van der Waals surface area (Å²) in [5.41, 5.74) is 2.35. The standard InChI is InChI=1S/C22H33N3O2S/c1-4-23-22(25(3)12-11-21-10-7-15-28-21)24-17-19-8-6-9-20(16-19)18-27-14-13-26-5-2/h6-10,15-16H,4-5,11-14,17-18H2,1-3H3,(H,23,24). The number of nitrogens with zero attached hydrogens (tertiary/aromatic N) is 2. The van der Waals surface area contributed by atoms with Crippen LogP contribution in [0.15, 0.2) is 46.8 Å². The molecule has 0 spiro atoms. The van der Waals surface area contributed by atoms with E-state index in [1.807, 2.05) is 6.92 Å². The van der Waals surface area contributed by atoms with Gasteiger partial charge in [-0.1, -0.05) is 30.3 Å². The van der Waals surface area contributed by atoms with Crippen molar-refractivity contribution in [3.05, 3.63) is 57.8 Å². The normalized spacial score (nSPS) is 11.6. The molecule has 0 aliphatic rings. The lowest BCUT2D eigenvalue weighted by Gasteiger charge is -2.21. The summed E-state index contributed by atoms with van der Waals surface area (Å²) in [5.74, 6) is 0.942. The van der Waals surface area contributed by atoms with Crippen molar-refractivity contribution in [1.82, 2.24) is 10.2 Å². The number of likely N-dealkylation sites (N-methyl/N-ethyl adjacent to an activating group) is 1. The molecule has 1 aromatic heterocycles. The first-order valence-electron chi connectivity index (χ1n) is 9.98. The van der Waals surface area contributed by atoms with Gasteiger partial charge >= 0.3 is 0 Å². The minimum absolute atomic E-state index is 0.603. The zero-order valence-corrected chi connectivity index (χ0v) is 18.1. The number of benzene rings is 1. The van der Waals surface area contributed by atoms with Crippen molar-refractivity contribution in [1.29, 1.82) is 0 Å². The molecule has 1 aromatic carbocycles. The molecule has 5 nitrogen and oxygen atoms in total. The molecule has 0 bridgehead atoms. The lowest BCUT2D eigenvalue weighted by molar-refractivity contribution is 0.0453. The second-order valence-electron chi connectivity index (χ2n) is 6.49. The van der Waals surface area contributed by atoms with Gasteiger partial charge in [-0.05, 0) is 42.8 Å². The van der Waals surface area contributed by atoms with Gasteiger partial charge in [-0.3, -0.25) is 0 Å². The van der Waals surface area contributed by atoms with Gasteiger partial charge in [0.1, 0.15) is 0 Å². The first-order chi connectivity index (χ1) is 13.7. The van der Waals surface area contributed by atoms with Crippen LogP contribution in [-0.2, 0) is 29.0 Å². The van der Waals surface area contributed by atoms with Crippen LogP contribution in [-0.4, -0.2) is 50.8 Å². The van der Waals surface area contributed by atoms with Gasteiger partial charge in [0, 0.05) is 31.6 Å². The third kappa shape index (κ3) is 8.42. The number of hydrogen-bond acceptors (Lipinski definition) is 4. The maximum Gasteiger partial charge on any atom is 0.193 e. The molecule has 0 radical (unpaired) electrons. The Balaban J connectivity index is 1.87. The lowest BCUT2D eigenvalue weighted by atomic mass is 10.1. The monoisotopic (exact) mass is 403 g/mol. The number of ether oxygens (including phenoxy) is 2. The van der Waals surface area contributed by atoms with Gasteiger partial charge in [0.15, 0.2) is 5.96 Å². The van der Waals surface area contributed by atoms with Crippen molar-refractivity contribution in [2.45, 2.75) is 33.4 Å². The Kier molecular flexibility index (Phi) is 10.7. The third-order valence-corrected chi connectivity index (χ3v) is 5.15. The van der Waals surface area contributed by atoms with Gasteiger partial charge in [0.25, 0.3) is 0 Å². The van der Waals surface area contributed by atoms with Crippen LogP contribution >= 0.6 is 11.3 Å². The Labute approximate surface area is 173 Å². The van der Waals surface area contributed by atoms with Crippen LogP contribution in [0.3, 0.4) is 0 Å². The van der Waals surface area contributed by atoms with Crippen LogP contribution < -0.4 is 5.32 Å². The zero-order chi connectivity index (χ0) is 20.0. The molecular formula is C22H33N3O2S. The van der Waals surface area contributed by atoms with Crippen molar-refractivity contribution in [3.8, 4) is 0 Å². The van der Waals surface area contributed by atoms with Crippen LogP contribution in [0.2, 0.25) is 0 Å². The highest BCUT2D eigenvalue weighted by Crippen LogP contribution is 2.10. The molecule has 28 heavy (non-hydrogen) atoms. The molecule has 2 aromatic rings. The summed E-state index contributed by atoms with van der Waals surface area (Å²) in [6, 6.07) is 12.7. The van der Waals surface area contributed by atoms with Crippen molar-refractivity contribution in [2.24, 2.45) is 4.99 Å². The van der Waals surface area contributed by atoms with E-state index < -0.39 is 0 Å². The summed E-state index contributed by atoms with van der Waals surface area (Å²) < 4.78 is 11.0. The van der Waals surface area contributed by atoms with Crippen molar-refractivity contribution in [2.75, 3.05) is 40.0 Å². The highest BCUT2D eigenvalue weighted by atomic mass is 32.1. The Hall–Kier alpha value is -1.89. The predicted molar refractivity (Wildman–Crippen MR) is 118 cm³/mol. The minimum atomic E-state index is 0.603. The van der Waals surface area contributed by atoms with E-state index in [-0.39, 0.29) is 0 Å². The van der Waals surface area contributed by atoms with Crippen molar-refractivity contribution in [3.63, 3.8) is 0 Å². The molecule has 2 rings (SSSR count). The quantitative estimate of drug-likeness (QED) is 0.331. The van der Waals surface area contributed by atoms with Crippen molar-refractivity contribution < 1.29 is 9.47 Å². The molecule has 0 saturated carbocycles. The average Bonchev–Trinajstić information content (AvgIpc) is 3.23. The van der Waals surface area contributed by atoms with Gasteiger partial charge in [-0.15, -0.1) is 11.3 Å². The molecule has 6 heteroatoms. The van der Waals surface area contributed by atoms with Crippen LogP contribution in [0, 0.1) is 0 Å². The van der Waals surface area contributed by atoms with E-state index in [1.54, 1.807) is 11.3 Å². The van der Waals surface area contributed by atoms with E-state index >= 15 is 0 Å². The zero-order valence-electron chi connectivity index (χ0n) is 17.3. The summed E-state index contributed by atoms with van der Waals surface area (Å²) in [7, 11) is 2.09. The second-order valence-corrected chi connectivity index (χ2v) is 7.52. The van der Waals surface area contributed by atoms with E-state index in [2.05, 4.69) is 66.0 Å². The highest BCUT2D eigenvalue weighted by molar-refractivity contribution is 7.09. The second kappa shape index (κ2) is 13.3. The predicted octanol–water partition coefficient (Wildman–Crippen LogP) is 3.94. The fourth-order valence-corrected chi connectivity index (χ4v) is 3.44. The summed E-state index contributed by atoms with van der Waals surface area (Å²) >= 11 is 1.81. The minimum Gasteiger partial charge on any atom is -0.379 e. The fourth-order valence-electron chi connectivity index (χ4n) is 2.74. The maximum atomic E-state index is 5.67. The highest BCUT2D eigenvalue weighted by Gasteiger charge is 2.06. The van der Waals surface area contributed by atoms with Gasteiger partial charge in [-0.25, -0.2) is 4.99 Å². The topological polar surface area (TPSA) is 46.1 Å². The SMILES string of the molecule is CCNC(=NCc1cccc(COCCOCC)c1)N(C)CCc1cccs1. The first-order valence-corrected chi connectivity index (χ1v) is 10.9. The van der Waals surface area contributed by atoms with Crippen LogP contribution in [0.25, 0.3) is 0 Å². The van der Waals surface area contributed by atoms with Gasteiger partial charge in [0.05, 0.1) is 26.4 Å². The Bertz CT molecular complexity index is 689. The van der Waals surface area contributed by atoms with Crippen LogP contribution in [0.5, 0.6) is 0 Å². The maximum absolute atomic E-state index is 5.67. The summed E-state index contributed by atoms with van der Waals surface area (Å²) in [4.78, 5) is 8.42. The van der Waals surface area contributed by atoms with Crippen molar-refractivity contribution >= 4 is 17.3 Å². The number of thiophene rings is 1. The molecule has 154 valence electrons. The van der Waals surface area contributed by atoms with E-state index in [0.29, 0.717) is 26.4 Å². The van der Waals surface area contributed by atoms with Crippen LogP contribution in [0.4, 0.5) is 0 Å². The molecule has 1 heterocycles. The Morgan fingerprint density at radius 2 is 1.93 bits per heavy atom. The van der Waals surface area contributed by atoms with E-state index in [9.17, 15) is 0 Å². The molecule has 0 saturated heterocycles. The van der Waals surface area contributed by atoms with Gasteiger partial charge in [0.2, 0.25) is 0 Å². The van der Waals surface area contributed by atoms with E-state index in [1.165, 1.54) is 16.0 Å². The Morgan fingerprint density at radius 3 is 2.68 bits per heavy atom. The molecule has 0 fully saturated rings. The molecular weight excluding hydrogens is 370 g/mol. The summed E-state index contributed by atoms with van der Waals surface area (Å²) in [6.07, 6.45) is 1.03. The third-order valence-electron chi connectivity index (χ3n) is 4.22. The molecule has 0 atom stereocenters. The number of guanidine groups is 1. The molecule has 1 N–H and O–H groups in total.